The highest BCUT2D eigenvalue weighted by Crippen LogP contribution is 2.23. The number of carbonyl (C=O) groups is 1. The first kappa shape index (κ1) is 21.4. The number of thiazole rings is 1. The number of halogens is 2. The summed E-state index contributed by atoms with van der Waals surface area (Å²) in [7, 11) is 5.42. The molecule has 3 aromatic rings. The van der Waals surface area contributed by atoms with E-state index >= 15 is 0 Å². The second kappa shape index (κ2) is 9.15. The van der Waals surface area contributed by atoms with Gasteiger partial charge in [-0.25, -0.2) is 4.98 Å². The van der Waals surface area contributed by atoms with Crippen LogP contribution < -0.4 is 5.32 Å². The molecule has 6 nitrogen and oxygen atoms in total. The molecular formula is C16H21Cl2N5OS. The molecule has 0 saturated heterocycles. The number of likely N-dealkylation sites (N-methyl/N-ethyl adjacent to an activating group) is 2. The highest BCUT2D eigenvalue weighted by molar-refractivity contribution is 7.18. The van der Waals surface area contributed by atoms with Crippen LogP contribution in [-0.4, -0.2) is 39.7 Å². The van der Waals surface area contributed by atoms with Gasteiger partial charge in [-0.1, -0.05) is 12.1 Å². The van der Waals surface area contributed by atoms with E-state index in [1.807, 2.05) is 37.5 Å². The fourth-order valence-corrected chi connectivity index (χ4v) is 3.53. The minimum absolute atomic E-state index is 0. The summed E-state index contributed by atoms with van der Waals surface area (Å²) in [4.78, 5) is 19.0. The predicted octanol–water partition coefficient (Wildman–Crippen LogP) is 2.79. The largest absolute Gasteiger partial charge is 0.337 e. The fourth-order valence-electron chi connectivity index (χ4n) is 2.51. The van der Waals surface area contributed by atoms with E-state index in [1.165, 1.54) is 0 Å². The highest BCUT2D eigenvalue weighted by atomic mass is 35.5. The Bertz CT molecular complexity index is 802. The number of aryl methyl sites for hydroxylation is 1. The van der Waals surface area contributed by atoms with Gasteiger partial charge in [0.15, 0.2) is 0 Å². The molecule has 9 heteroatoms. The molecule has 2 heterocycles. The minimum Gasteiger partial charge on any atom is -0.337 e. The summed E-state index contributed by atoms with van der Waals surface area (Å²) in [5, 5.41) is 8.13. The molecule has 1 aromatic carbocycles. The van der Waals surface area contributed by atoms with Crippen molar-refractivity contribution in [1.29, 1.82) is 0 Å². The maximum Gasteiger partial charge on any atom is 0.244 e. The Hall–Kier alpha value is -1.67. The maximum atomic E-state index is 12.7. The van der Waals surface area contributed by atoms with Crippen molar-refractivity contribution in [3.05, 3.63) is 47.2 Å². The topological polar surface area (TPSA) is 63.1 Å². The predicted molar refractivity (Wildman–Crippen MR) is 106 cm³/mol. The standard InChI is InChI=1S/C16H19N5OS.2ClH/c1-17-15(11-8-18-21(3)9-11)16(22)20(2)10-14-19-12-6-4-5-7-13(12)23-14;;/h4-9,15,17H,10H2,1-3H3;2*1H. The Morgan fingerprint density at radius 2 is 2.08 bits per heavy atom. The number of aromatic nitrogens is 3. The second-order valence-corrected chi connectivity index (χ2v) is 6.55. The zero-order valence-electron chi connectivity index (χ0n) is 14.2. The molecule has 0 radical (unpaired) electrons. The van der Waals surface area contributed by atoms with Gasteiger partial charge in [0.05, 0.1) is 23.0 Å². The summed E-state index contributed by atoms with van der Waals surface area (Å²) in [6, 6.07) is 7.61. The van der Waals surface area contributed by atoms with Crippen LogP contribution in [0, 0.1) is 0 Å². The average Bonchev–Trinajstić information content (AvgIpc) is 3.13. The Kier molecular flexibility index (Phi) is 7.82. The Morgan fingerprint density at radius 1 is 1.36 bits per heavy atom. The third kappa shape index (κ3) is 4.70. The van der Waals surface area contributed by atoms with Gasteiger partial charge >= 0.3 is 0 Å². The first-order valence-corrected chi connectivity index (χ1v) is 8.15. The number of fused-ring (bicyclic) bond motifs is 1. The first-order chi connectivity index (χ1) is 11.1. The Balaban J connectivity index is 0.00000156. The summed E-state index contributed by atoms with van der Waals surface area (Å²) >= 11 is 1.62. The number of nitrogens with zero attached hydrogens (tertiary/aromatic N) is 4. The molecule has 2 aromatic heterocycles. The van der Waals surface area contributed by atoms with Crippen LogP contribution >= 0.6 is 36.2 Å². The summed E-state index contributed by atoms with van der Waals surface area (Å²) in [5.74, 6) is -0.000226. The zero-order valence-corrected chi connectivity index (χ0v) is 16.6. The van der Waals surface area contributed by atoms with Crippen molar-refractivity contribution < 1.29 is 4.79 Å². The van der Waals surface area contributed by atoms with E-state index in [-0.39, 0.29) is 30.7 Å². The van der Waals surface area contributed by atoms with Crippen LogP contribution in [0.15, 0.2) is 36.7 Å². The van der Waals surface area contributed by atoms with E-state index < -0.39 is 6.04 Å². The third-order valence-electron chi connectivity index (χ3n) is 3.68. The van der Waals surface area contributed by atoms with Crippen LogP contribution in [0.1, 0.15) is 16.6 Å². The monoisotopic (exact) mass is 401 g/mol. The Labute approximate surface area is 163 Å². The molecular weight excluding hydrogens is 381 g/mol. The molecule has 0 spiro atoms. The maximum absolute atomic E-state index is 12.7. The average molecular weight is 402 g/mol. The molecule has 0 bridgehead atoms. The smallest absolute Gasteiger partial charge is 0.244 e. The molecule has 0 fully saturated rings. The molecule has 136 valence electrons. The molecule has 0 saturated carbocycles. The van der Waals surface area contributed by atoms with Gasteiger partial charge in [0.1, 0.15) is 11.0 Å². The summed E-state index contributed by atoms with van der Waals surface area (Å²) in [6.45, 7) is 0.497. The molecule has 0 aliphatic heterocycles. The summed E-state index contributed by atoms with van der Waals surface area (Å²) in [5.41, 5.74) is 1.84. The van der Waals surface area contributed by atoms with Crippen molar-refractivity contribution in [2.24, 2.45) is 7.05 Å². The van der Waals surface area contributed by atoms with E-state index in [9.17, 15) is 4.79 Å². The van der Waals surface area contributed by atoms with Crippen molar-refractivity contribution >= 4 is 52.3 Å². The van der Waals surface area contributed by atoms with Crippen LogP contribution in [0.2, 0.25) is 0 Å². The molecule has 0 aliphatic rings. The Morgan fingerprint density at radius 3 is 2.68 bits per heavy atom. The van der Waals surface area contributed by atoms with Gasteiger partial charge in [0.2, 0.25) is 5.91 Å². The van der Waals surface area contributed by atoms with Crippen molar-refractivity contribution in [3.8, 4) is 0 Å². The number of hydrogen-bond donors (Lipinski definition) is 1. The number of benzene rings is 1. The van der Waals surface area contributed by atoms with Crippen LogP contribution in [0.25, 0.3) is 10.2 Å². The van der Waals surface area contributed by atoms with E-state index in [4.69, 9.17) is 0 Å². The van der Waals surface area contributed by atoms with Crippen molar-refractivity contribution in [2.45, 2.75) is 12.6 Å². The van der Waals surface area contributed by atoms with Crippen molar-refractivity contribution in [1.82, 2.24) is 25.0 Å². The number of hydrogen-bond acceptors (Lipinski definition) is 5. The van der Waals surface area contributed by atoms with Gasteiger partial charge in [-0.2, -0.15) is 5.10 Å². The minimum atomic E-state index is -0.400. The highest BCUT2D eigenvalue weighted by Gasteiger charge is 2.24. The number of rotatable bonds is 5. The number of carbonyl (C=O) groups excluding carboxylic acids is 1. The van der Waals surface area contributed by atoms with Gasteiger partial charge in [0.25, 0.3) is 0 Å². The van der Waals surface area contributed by atoms with Gasteiger partial charge < -0.3 is 10.2 Å². The molecule has 1 unspecified atom stereocenters. The lowest BCUT2D eigenvalue weighted by molar-refractivity contribution is -0.132. The van der Waals surface area contributed by atoms with E-state index in [2.05, 4.69) is 15.4 Å². The lowest BCUT2D eigenvalue weighted by atomic mass is 10.1. The second-order valence-electron chi connectivity index (χ2n) is 5.44. The van der Waals surface area contributed by atoms with Gasteiger partial charge in [-0.15, -0.1) is 36.2 Å². The van der Waals surface area contributed by atoms with Gasteiger partial charge in [-0.05, 0) is 19.2 Å². The number of para-hydroxylation sites is 1. The van der Waals surface area contributed by atoms with E-state index in [0.717, 1.165) is 20.8 Å². The summed E-state index contributed by atoms with van der Waals surface area (Å²) < 4.78 is 2.83. The van der Waals surface area contributed by atoms with E-state index in [1.54, 1.807) is 41.2 Å². The van der Waals surface area contributed by atoms with E-state index in [0.29, 0.717) is 6.54 Å². The zero-order chi connectivity index (χ0) is 16.4. The van der Waals surface area contributed by atoms with Crippen LogP contribution in [0.5, 0.6) is 0 Å². The molecule has 1 amide bonds. The SMILES string of the molecule is CNC(C(=O)N(C)Cc1nc2ccccc2s1)c1cnn(C)c1.Cl.Cl. The lowest BCUT2D eigenvalue weighted by Gasteiger charge is -2.22. The summed E-state index contributed by atoms with van der Waals surface area (Å²) in [6.07, 6.45) is 3.56. The number of nitrogens with one attached hydrogen (secondary N) is 1. The molecule has 0 aliphatic carbocycles. The van der Waals surface area contributed by atoms with Crippen molar-refractivity contribution in [3.63, 3.8) is 0 Å². The quantitative estimate of drug-likeness (QED) is 0.713. The van der Waals surface area contributed by atoms with Gasteiger partial charge in [-0.3, -0.25) is 9.48 Å². The molecule has 25 heavy (non-hydrogen) atoms. The molecule has 3 rings (SSSR count). The third-order valence-corrected chi connectivity index (χ3v) is 4.70. The first-order valence-electron chi connectivity index (χ1n) is 7.33. The van der Waals surface area contributed by atoms with Crippen molar-refractivity contribution in [2.75, 3.05) is 14.1 Å². The van der Waals surface area contributed by atoms with Gasteiger partial charge in [0, 0.05) is 25.9 Å². The fraction of sp³-hybridized carbons (Fsp3) is 0.312. The van der Waals surface area contributed by atoms with Crippen LogP contribution in [0.3, 0.4) is 0 Å². The van der Waals surface area contributed by atoms with Crippen LogP contribution in [-0.2, 0) is 18.4 Å². The van der Waals surface area contributed by atoms with Crippen LogP contribution in [0.4, 0.5) is 0 Å². The lowest BCUT2D eigenvalue weighted by Crippen LogP contribution is -2.37. The molecule has 1 atom stereocenters. The normalized spacial score (nSPS) is 11.5. The molecule has 1 N–H and O–H groups in total. The number of amides is 1.